The van der Waals surface area contributed by atoms with Crippen molar-refractivity contribution in [2.75, 3.05) is 5.43 Å². The van der Waals surface area contributed by atoms with Crippen LogP contribution in [0.25, 0.3) is 0 Å². The molecule has 7 heteroatoms. The highest BCUT2D eigenvalue weighted by Crippen LogP contribution is 2.13. The van der Waals surface area contributed by atoms with Crippen LogP contribution in [-0.2, 0) is 4.79 Å². The lowest BCUT2D eigenvalue weighted by Gasteiger charge is -2.17. The molecule has 7 nitrogen and oxygen atoms in total. The fourth-order valence-corrected chi connectivity index (χ4v) is 0.876. The quantitative estimate of drug-likeness (QED) is 0.614. The molecule has 0 aliphatic heterocycles. The summed E-state index contributed by atoms with van der Waals surface area (Å²) in [5.41, 5.74) is 4.43. The van der Waals surface area contributed by atoms with Crippen LogP contribution in [-0.4, -0.2) is 15.8 Å². The molecule has 0 saturated heterocycles. The smallest absolute Gasteiger partial charge is 0.282 e. The maximum Gasteiger partial charge on any atom is 0.287 e. The zero-order valence-corrected chi connectivity index (χ0v) is 9.85. The van der Waals surface area contributed by atoms with Gasteiger partial charge in [-0.15, -0.1) is 0 Å². The number of hydrogen-bond acceptors (Lipinski definition) is 5. The van der Waals surface area contributed by atoms with E-state index in [-0.39, 0.29) is 11.6 Å². The monoisotopic (exact) mass is 238 g/mol. The molecule has 1 aromatic heterocycles. The van der Waals surface area contributed by atoms with Gasteiger partial charge >= 0.3 is 0 Å². The summed E-state index contributed by atoms with van der Waals surface area (Å²) in [6.07, 6.45) is 1.12. The number of nitro groups is 1. The number of pyridine rings is 1. The summed E-state index contributed by atoms with van der Waals surface area (Å²) in [7, 11) is 0. The van der Waals surface area contributed by atoms with Crippen LogP contribution in [0.1, 0.15) is 20.8 Å². The molecule has 0 fully saturated rings. The van der Waals surface area contributed by atoms with Crippen LogP contribution in [0, 0.1) is 15.5 Å². The van der Waals surface area contributed by atoms with E-state index in [9.17, 15) is 14.9 Å². The Kier molecular flexibility index (Phi) is 3.62. The molecule has 1 heterocycles. The van der Waals surface area contributed by atoms with Gasteiger partial charge in [0, 0.05) is 11.5 Å². The Balaban J connectivity index is 2.59. The molecule has 1 aromatic rings. The predicted octanol–water partition coefficient (Wildman–Crippen LogP) is 1.48. The number of aromatic nitrogens is 1. The van der Waals surface area contributed by atoms with Gasteiger partial charge in [0.25, 0.3) is 5.69 Å². The molecular formula is C10H14N4O3. The molecule has 0 bridgehead atoms. The molecule has 0 unspecified atom stereocenters. The predicted molar refractivity (Wildman–Crippen MR) is 62.1 cm³/mol. The second-order valence-electron chi connectivity index (χ2n) is 4.49. The fraction of sp³-hybridized carbons (Fsp3) is 0.400. The zero-order chi connectivity index (χ0) is 13.1. The summed E-state index contributed by atoms with van der Waals surface area (Å²) in [6.45, 7) is 5.31. The minimum absolute atomic E-state index is 0.0994. The summed E-state index contributed by atoms with van der Waals surface area (Å²) in [6, 6.07) is 2.72. The van der Waals surface area contributed by atoms with Crippen LogP contribution in [0.15, 0.2) is 18.3 Å². The number of hydrogen-bond donors (Lipinski definition) is 2. The van der Waals surface area contributed by atoms with Crippen LogP contribution in [0.2, 0.25) is 0 Å². The highest BCUT2D eigenvalue weighted by Gasteiger charge is 2.20. The molecule has 0 aromatic carbocycles. The zero-order valence-electron chi connectivity index (χ0n) is 9.85. The van der Waals surface area contributed by atoms with Crippen molar-refractivity contribution in [2.45, 2.75) is 20.8 Å². The van der Waals surface area contributed by atoms with Crippen LogP contribution in [0.4, 0.5) is 11.5 Å². The number of rotatable bonds is 3. The molecule has 0 radical (unpaired) electrons. The average molecular weight is 238 g/mol. The number of amides is 1. The largest absolute Gasteiger partial charge is 0.287 e. The minimum Gasteiger partial charge on any atom is -0.282 e. The molecule has 0 spiro atoms. The van der Waals surface area contributed by atoms with Crippen LogP contribution in [0.5, 0.6) is 0 Å². The van der Waals surface area contributed by atoms with E-state index in [1.807, 2.05) is 0 Å². The lowest BCUT2D eigenvalue weighted by molar-refractivity contribution is -0.385. The SMILES string of the molecule is CC(C)(C)C(=O)NNc1ccc([N+](=O)[O-])cn1. The van der Waals surface area contributed by atoms with Crippen molar-refractivity contribution < 1.29 is 9.72 Å². The van der Waals surface area contributed by atoms with Gasteiger partial charge in [-0.2, -0.15) is 0 Å². The first kappa shape index (κ1) is 12.9. The van der Waals surface area contributed by atoms with Gasteiger partial charge in [-0.3, -0.25) is 25.8 Å². The third-order valence-corrected chi connectivity index (χ3v) is 1.94. The Hall–Kier alpha value is -2.18. The van der Waals surface area contributed by atoms with Crippen molar-refractivity contribution in [1.29, 1.82) is 0 Å². The molecule has 0 aliphatic rings. The van der Waals surface area contributed by atoms with E-state index in [1.54, 1.807) is 20.8 Å². The van der Waals surface area contributed by atoms with Gasteiger partial charge in [0.05, 0.1) is 4.92 Å². The molecule has 17 heavy (non-hydrogen) atoms. The second-order valence-corrected chi connectivity index (χ2v) is 4.49. The summed E-state index contributed by atoms with van der Waals surface area (Å²) < 4.78 is 0. The fourth-order valence-electron chi connectivity index (χ4n) is 0.876. The number of nitrogens with zero attached hydrogens (tertiary/aromatic N) is 2. The van der Waals surface area contributed by atoms with E-state index in [2.05, 4.69) is 15.8 Å². The third-order valence-electron chi connectivity index (χ3n) is 1.94. The standard InChI is InChI=1S/C10H14N4O3/c1-10(2,3)9(15)13-12-8-5-4-7(6-11-8)14(16)17/h4-6H,1-3H3,(H,11,12)(H,13,15). The lowest BCUT2D eigenvalue weighted by atomic mass is 9.96. The highest BCUT2D eigenvalue weighted by molar-refractivity contribution is 5.82. The van der Waals surface area contributed by atoms with Crippen molar-refractivity contribution >= 4 is 17.4 Å². The van der Waals surface area contributed by atoms with Gasteiger partial charge in [-0.05, 0) is 6.07 Å². The number of anilines is 1. The van der Waals surface area contributed by atoms with Crippen molar-refractivity contribution in [1.82, 2.24) is 10.4 Å². The molecule has 1 amide bonds. The van der Waals surface area contributed by atoms with Crippen molar-refractivity contribution in [3.63, 3.8) is 0 Å². The number of nitrogens with one attached hydrogen (secondary N) is 2. The Morgan fingerprint density at radius 3 is 2.47 bits per heavy atom. The van der Waals surface area contributed by atoms with E-state index < -0.39 is 10.3 Å². The van der Waals surface area contributed by atoms with Crippen LogP contribution < -0.4 is 10.9 Å². The van der Waals surface area contributed by atoms with Crippen LogP contribution >= 0.6 is 0 Å². The highest BCUT2D eigenvalue weighted by atomic mass is 16.6. The number of hydrazine groups is 1. The van der Waals surface area contributed by atoms with Gasteiger partial charge in [0.2, 0.25) is 5.91 Å². The third kappa shape index (κ3) is 3.71. The van der Waals surface area contributed by atoms with E-state index in [1.165, 1.54) is 12.1 Å². The molecule has 92 valence electrons. The molecule has 2 N–H and O–H groups in total. The number of carbonyl (C=O) groups is 1. The van der Waals surface area contributed by atoms with E-state index in [0.29, 0.717) is 5.82 Å². The van der Waals surface area contributed by atoms with Gasteiger partial charge < -0.3 is 0 Å². The molecule has 1 rings (SSSR count). The van der Waals surface area contributed by atoms with Crippen molar-refractivity contribution in [3.05, 3.63) is 28.4 Å². The van der Waals surface area contributed by atoms with Crippen LogP contribution in [0.3, 0.4) is 0 Å². The topological polar surface area (TPSA) is 97.2 Å². The first-order valence-corrected chi connectivity index (χ1v) is 4.97. The lowest BCUT2D eigenvalue weighted by Crippen LogP contribution is -2.38. The van der Waals surface area contributed by atoms with Crippen molar-refractivity contribution in [2.24, 2.45) is 5.41 Å². The second kappa shape index (κ2) is 4.77. The summed E-state index contributed by atoms with van der Waals surface area (Å²) >= 11 is 0. The normalized spacial score (nSPS) is 10.8. The average Bonchev–Trinajstić information content (AvgIpc) is 2.25. The molecular weight excluding hydrogens is 224 g/mol. The Morgan fingerprint density at radius 1 is 1.41 bits per heavy atom. The van der Waals surface area contributed by atoms with E-state index >= 15 is 0 Å². The van der Waals surface area contributed by atoms with Gasteiger partial charge in [-0.25, -0.2) is 4.98 Å². The Labute approximate surface area is 98.4 Å². The number of carbonyl (C=O) groups excluding carboxylic acids is 1. The Bertz CT molecular complexity index is 422. The molecule has 0 aliphatic carbocycles. The minimum atomic E-state index is -0.537. The summed E-state index contributed by atoms with van der Waals surface area (Å²) in [4.78, 5) is 25.1. The maximum atomic E-state index is 11.5. The van der Waals surface area contributed by atoms with Crippen molar-refractivity contribution in [3.8, 4) is 0 Å². The first-order valence-electron chi connectivity index (χ1n) is 4.97. The first-order chi connectivity index (χ1) is 7.80. The summed E-state index contributed by atoms with van der Waals surface area (Å²) in [5.74, 6) is 0.144. The van der Waals surface area contributed by atoms with E-state index in [4.69, 9.17) is 0 Å². The van der Waals surface area contributed by atoms with Gasteiger partial charge in [0.15, 0.2) is 0 Å². The van der Waals surface area contributed by atoms with Gasteiger partial charge in [-0.1, -0.05) is 20.8 Å². The molecule has 0 saturated carbocycles. The maximum absolute atomic E-state index is 11.5. The van der Waals surface area contributed by atoms with E-state index in [0.717, 1.165) is 6.20 Å². The van der Waals surface area contributed by atoms with Gasteiger partial charge in [0.1, 0.15) is 12.0 Å². The Morgan fingerprint density at radius 2 is 2.06 bits per heavy atom. The molecule has 0 atom stereocenters. The summed E-state index contributed by atoms with van der Waals surface area (Å²) in [5, 5.41) is 10.4.